The molecular formula is C22H27N3O6S2. The van der Waals surface area contributed by atoms with Crippen molar-refractivity contribution in [2.75, 3.05) is 12.9 Å². The summed E-state index contributed by atoms with van der Waals surface area (Å²) in [4.78, 5) is 44.6. The molecule has 4 atom stereocenters. The molecule has 4 heterocycles. The number of aromatic nitrogens is 2. The zero-order valence-electron chi connectivity index (χ0n) is 19.1. The molecule has 178 valence electrons. The molecule has 0 aliphatic carbocycles. The molecule has 2 aromatic rings. The maximum absolute atomic E-state index is 12.9. The minimum absolute atomic E-state index is 0.0669. The van der Waals surface area contributed by atoms with E-state index in [9.17, 15) is 24.6 Å². The van der Waals surface area contributed by atoms with Gasteiger partial charge in [-0.1, -0.05) is 20.8 Å². The molecule has 1 amide bonds. The lowest BCUT2D eigenvalue weighted by Gasteiger charge is -2.50. The number of aliphatic hydroxyl groups excluding tert-OH is 1. The van der Waals surface area contributed by atoms with Crippen LogP contribution in [-0.4, -0.2) is 67.4 Å². The molecule has 33 heavy (non-hydrogen) atoms. The number of β-lactam (4-membered cyclic amide) rings is 1. The third kappa shape index (κ3) is 3.57. The summed E-state index contributed by atoms with van der Waals surface area (Å²) in [6.45, 7) is 7.01. The second-order valence-corrected chi connectivity index (χ2v) is 10.8. The fourth-order valence-corrected chi connectivity index (χ4v) is 6.85. The second kappa shape index (κ2) is 8.44. The first-order valence-corrected chi connectivity index (χ1v) is 12.7. The van der Waals surface area contributed by atoms with Gasteiger partial charge in [0.05, 0.1) is 35.5 Å². The molecule has 2 aliphatic heterocycles. The van der Waals surface area contributed by atoms with Crippen molar-refractivity contribution in [3.8, 4) is 0 Å². The molecule has 0 radical (unpaired) electrons. The largest absolute Gasteiger partial charge is 0.477 e. The van der Waals surface area contributed by atoms with Crippen LogP contribution in [0, 0.1) is 17.3 Å². The molecule has 2 aliphatic rings. The van der Waals surface area contributed by atoms with Crippen LogP contribution in [0.15, 0.2) is 23.2 Å². The van der Waals surface area contributed by atoms with Crippen molar-refractivity contribution in [2.45, 2.75) is 51.3 Å². The molecule has 0 saturated carbocycles. The smallest absolute Gasteiger partial charge is 0.352 e. The molecule has 1 saturated heterocycles. The Balaban J connectivity index is 1.83. The Kier molecular flexibility index (Phi) is 6.08. The quantitative estimate of drug-likeness (QED) is 0.327. The van der Waals surface area contributed by atoms with Crippen LogP contribution >= 0.6 is 23.1 Å². The number of carboxylic acid groups (broad SMARTS) is 1. The summed E-state index contributed by atoms with van der Waals surface area (Å²) in [5.74, 6) is -2.94. The van der Waals surface area contributed by atoms with Crippen molar-refractivity contribution in [1.82, 2.24) is 14.3 Å². The van der Waals surface area contributed by atoms with Gasteiger partial charge in [-0.3, -0.25) is 14.0 Å². The van der Waals surface area contributed by atoms with Crippen LogP contribution in [0.4, 0.5) is 0 Å². The van der Waals surface area contributed by atoms with Crippen molar-refractivity contribution in [2.24, 2.45) is 17.3 Å². The zero-order chi connectivity index (χ0) is 24.2. The predicted molar refractivity (Wildman–Crippen MR) is 124 cm³/mol. The Bertz CT molecular complexity index is 1170. The number of carbonyl (C=O) groups is 3. The maximum Gasteiger partial charge on any atom is 0.352 e. The van der Waals surface area contributed by atoms with Crippen LogP contribution in [0.3, 0.4) is 0 Å². The number of rotatable bonds is 8. The van der Waals surface area contributed by atoms with Crippen LogP contribution in [0.25, 0.3) is 10.4 Å². The minimum atomic E-state index is -1.20. The topological polar surface area (TPSA) is 121 Å². The minimum Gasteiger partial charge on any atom is -0.477 e. The summed E-state index contributed by atoms with van der Waals surface area (Å²) < 4.78 is 7.28. The van der Waals surface area contributed by atoms with E-state index in [0.717, 1.165) is 9.86 Å². The first kappa shape index (κ1) is 23.8. The zero-order valence-corrected chi connectivity index (χ0v) is 20.7. The van der Waals surface area contributed by atoms with Gasteiger partial charge in [-0.25, -0.2) is 9.78 Å². The number of thioether (sulfide) groups is 1. The molecular weight excluding hydrogens is 466 g/mol. The van der Waals surface area contributed by atoms with Gasteiger partial charge < -0.3 is 19.8 Å². The van der Waals surface area contributed by atoms with E-state index in [0.29, 0.717) is 16.9 Å². The summed E-state index contributed by atoms with van der Waals surface area (Å²) in [6.07, 6.45) is 4.81. The lowest BCUT2D eigenvalue weighted by molar-refractivity contribution is -0.168. The number of hydrogen-bond acceptors (Lipinski definition) is 8. The average Bonchev–Trinajstić information content (AvgIpc) is 3.36. The molecule has 0 bridgehead atoms. The van der Waals surface area contributed by atoms with E-state index >= 15 is 0 Å². The number of thiazole rings is 1. The number of fused-ring (bicyclic) bond motifs is 2. The fraction of sp³-hybridized carbons (Fsp3) is 0.545. The SMILES string of the molecule is CSc1ncn2cc(C3=C(C(=O)O)N4C(=O)[C@H](C(C)O)[C@@H]4[C@@]3(C)CCOC(=O)C(C)C)sc12. The van der Waals surface area contributed by atoms with E-state index in [1.165, 1.54) is 28.0 Å². The highest BCUT2D eigenvalue weighted by Gasteiger charge is 2.66. The number of amides is 1. The van der Waals surface area contributed by atoms with E-state index in [1.54, 1.807) is 27.1 Å². The fourth-order valence-electron chi connectivity index (χ4n) is 4.90. The van der Waals surface area contributed by atoms with Gasteiger partial charge in [0.25, 0.3) is 0 Å². The Morgan fingerprint density at radius 1 is 1.36 bits per heavy atom. The first-order valence-electron chi connectivity index (χ1n) is 10.7. The van der Waals surface area contributed by atoms with Gasteiger partial charge >= 0.3 is 11.9 Å². The third-order valence-corrected chi connectivity index (χ3v) is 8.46. The lowest BCUT2D eigenvalue weighted by Crippen LogP contribution is -2.66. The standard InChI is InChI=1S/C22H27N3O6S2/c1-10(2)21(30)31-7-6-22(4)14(12-8-24-9-23-17(32-5)19(24)33-12)15(20(28)29)25-16(22)13(11(3)26)18(25)27/h8-11,13,16,26H,6-7H2,1-5H3,(H,28,29)/t11?,13-,16-,22+/m1/s1. The number of nitrogens with zero attached hydrogens (tertiary/aromatic N) is 3. The van der Waals surface area contributed by atoms with E-state index in [4.69, 9.17) is 4.74 Å². The van der Waals surface area contributed by atoms with Gasteiger partial charge in [0.1, 0.15) is 21.9 Å². The number of imidazole rings is 1. The van der Waals surface area contributed by atoms with Crippen LogP contribution in [0.5, 0.6) is 0 Å². The van der Waals surface area contributed by atoms with Gasteiger partial charge in [0, 0.05) is 17.2 Å². The maximum atomic E-state index is 12.9. The summed E-state index contributed by atoms with van der Waals surface area (Å²) in [6, 6.07) is -0.538. The summed E-state index contributed by atoms with van der Waals surface area (Å²) in [7, 11) is 0. The predicted octanol–water partition coefficient (Wildman–Crippen LogP) is 2.73. The summed E-state index contributed by atoms with van der Waals surface area (Å²) in [5, 5.41) is 21.3. The average molecular weight is 494 g/mol. The lowest BCUT2D eigenvalue weighted by atomic mass is 9.65. The number of carbonyl (C=O) groups excluding carboxylic acids is 2. The molecule has 1 fully saturated rings. The van der Waals surface area contributed by atoms with Crippen molar-refractivity contribution in [1.29, 1.82) is 0 Å². The van der Waals surface area contributed by atoms with Crippen molar-refractivity contribution in [3.05, 3.63) is 23.1 Å². The molecule has 0 spiro atoms. The van der Waals surface area contributed by atoms with Crippen LogP contribution in [0.2, 0.25) is 0 Å². The van der Waals surface area contributed by atoms with Gasteiger partial charge in [0.15, 0.2) is 0 Å². The van der Waals surface area contributed by atoms with Gasteiger partial charge in [-0.2, -0.15) is 0 Å². The number of esters is 1. The number of ether oxygens (including phenoxy) is 1. The van der Waals surface area contributed by atoms with Crippen molar-refractivity contribution < 1.29 is 29.3 Å². The Morgan fingerprint density at radius 2 is 2.06 bits per heavy atom. The molecule has 11 heteroatoms. The van der Waals surface area contributed by atoms with E-state index in [1.807, 2.05) is 23.8 Å². The molecule has 4 rings (SSSR count). The molecule has 0 aromatic carbocycles. The molecule has 9 nitrogen and oxygen atoms in total. The van der Waals surface area contributed by atoms with Gasteiger partial charge in [0.2, 0.25) is 5.91 Å². The highest BCUT2D eigenvalue weighted by atomic mass is 32.2. The summed E-state index contributed by atoms with van der Waals surface area (Å²) >= 11 is 2.91. The molecule has 1 unspecified atom stereocenters. The monoisotopic (exact) mass is 493 g/mol. The van der Waals surface area contributed by atoms with Crippen LogP contribution in [0.1, 0.15) is 39.0 Å². The van der Waals surface area contributed by atoms with Crippen LogP contribution < -0.4 is 0 Å². The molecule has 2 aromatic heterocycles. The summed E-state index contributed by atoms with van der Waals surface area (Å²) in [5.41, 5.74) is -0.378. The third-order valence-electron chi connectivity index (χ3n) is 6.52. The Labute approximate surface area is 199 Å². The van der Waals surface area contributed by atoms with Crippen molar-refractivity contribution >= 4 is 51.3 Å². The highest BCUT2D eigenvalue weighted by molar-refractivity contribution is 7.98. The molecule has 2 N–H and O–H groups in total. The van der Waals surface area contributed by atoms with Gasteiger partial charge in [-0.15, -0.1) is 23.1 Å². The second-order valence-electron chi connectivity index (χ2n) is 9.00. The Morgan fingerprint density at radius 3 is 2.64 bits per heavy atom. The van der Waals surface area contributed by atoms with Crippen molar-refractivity contribution in [3.63, 3.8) is 0 Å². The number of aliphatic hydroxyl groups is 1. The van der Waals surface area contributed by atoms with E-state index < -0.39 is 35.4 Å². The van der Waals surface area contributed by atoms with Crippen LogP contribution in [-0.2, 0) is 19.1 Å². The highest BCUT2D eigenvalue weighted by Crippen LogP contribution is 2.60. The van der Waals surface area contributed by atoms with E-state index in [-0.39, 0.29) is 24.2 Å². The van der Waals surface area contributed by atoms with E-state index in [2.05, 4.69) is 4.98 Å². The first-order chi connectivity index (χ1) is 15.5. The number of hydrogen-bond donors (Lipinski definition) is 2. The number of aliphatic carboxylic acids is 1. The number of carboxylic acids is 1. The van der Waals surface area contributed by atoms with Gasteiger partial charge in [-0.05, 0) is 19.6 Å². The Hall–Kier alpha value is -2.37. The normalized spacial score (nSPS) is 25.5.